The zero-order valence-electron chi connectivity index (χ0n) is 18.1. The number of imidazole rings is 1. The van der Waals surface area contributed by atoms with Gasteiger partial charge in [-0.1, -0.05) is 61.8 Å². The number of hydrogen-bond donors (Lipinski definition) is 0. The summed E-state index contributed by atoms with van der Waals surface area (Å²) >= 11 is 6.22. The number of rotatable bonds is 4. The van der Waals surface area contributed by atoms with Crippen molar-refractivity contribution in [3.63, 3.8) is 0 Å². The van der Waals surface area contributed by atoms with Gasteiger partial charge in [0.25, 0.3) is 0 Å². The Labute approximate surface area is 188 Å². The molecule has 0 N–H and O–H groups in total. The van der Waals surface area contributed by atoms with Crippen LogP contribution in [0, 0.1) is 5.41 Å². The fourth-order valence-corrected chi connectivity index (χ4v) is 5.61. The first-order valence-corrected chi connectivity index (χ1v) is 11.5. The van der Waals surface area contributed by atoms with E-state index in [4.69, 9.17) is 11.6 Å². The molecular formula is C26H28ClN3O. The monoisotopic (exact) mass is 433 g/mol. The molecule has 2 aliphatic rings. The second kappa shape index (κ2) is 7.52. The van der Waals surface area contributed by atoms with Crippen molar-refractivity contribution in [1.82, 2.24) is 14.5 Å². The molecule has 0 bridgehead atoms. The van der Waals surface area contributed by atoms with E-state index >= 15 is 0 Å². The second-order valence-corrected chi connectivity index (χ2v) is 10.1. The Hall–Kier alpha value is -2.59. The zero-order chi connectivity index (χ0) is 21.6. The third-order valence-corrected chi connectivity index (χ3v) is 7.19. The first-order valence-electron chi connectivity index (χ1n) is 11.1. The van der Waals surface area contributed by atoms with E-state index in [9.17, 15) is 4.79 Å². The summed E-state index contributed by atoms with van der Waals surface area (Å²) in [6.45, 7) is 6.22. The average Bonchev–Trinajstić information content (AvgIpc) is 3.33. The molecule has 160 valence electrons. The summed E-state index contributed by atoms with van der Waals surface area (Å²) < 4.78 is 2.24. The highest BCUT2D eigenvalue weighted by molar-refractivity contribution is 6.30. The minimum Gasteiger partial charge on any atom is -0.342 e. The maximum atomic E-state index is 13.3. The van der Waals surface area contributed by atoms with Crippen LogP contribution in [0.3, 0.4) is 0 Å². The number of amides is 1. The van der Waals surface area contributed by atoms with E-state index in [2.05, 4.69) is 64.7 Å². The van der Waals surface area contributed by atoms with Gasteiger partial charge in [-0.3, -0.25) is 4.79 Å². The van der Waals surface area contributed by atoms with Crippen LogP contribution in [0.2, 0.25) is 5.02 Å². The lowest BCUT2D eigenvalue weighted by atomic mass is 9.78. The lowest BCUT2D eigenvalue weighted by molar-refractivity contribution is -0.134. The van der Waals surface area contributed by atoms with Gasteiger partial charge in [0.2, 0.25) is 5.91 Å². The molecule has 31 heavy (non-hydrogen) atoms. The van der Waals surface area contributed by atoms with Crippen molar-refractivity contribution in [1.29, 1.82) is 0 Å². The van der Waals surface area contributed by atoms with Gasteiger partial charge < -0.3 is 9.47 Å². The molecule has 0 saturated carbocycles. The fourth-order valence-electron chi connectivity index (χ4n) is 5.48. The molecule has 1 atom stereocenters. The number of carbonyl (C=O) groups excluding carboxylic acids is 1. The Bertz CT molecular complexity index is 1120. The largest absolute Gasteiger partial charge is 0.342 e. The first-order chi connectivity index (χ1) is 14.9. The van der Waals surface area contributed by atoms with Gasteiger partial charge in [-0.05, 0) is 47.9 Å². The minimum absolute atomic E-state index is 0.194. The number of piperidine rings is 1. The van der Waals surface area contributed by atoms with Crippen LogP contribution in [0.15, 0.2) is 60.9 Å². The van der Waals surface area contributed by atoms with Crippen LogP contribution >= 0.6 is 11.6 Å². The molecule has 1 saturated heterocycles. The van der Waals surface area contributed by atoms with Gasteiger partial charge in [0.1, 0.15) is 5.82 Å². The number of fused-ring (bicyclic) bond motifs is 3. The molecule has 0 spiro atoms. The highest BCUT2D eigenvalue weighted by Gasteiger charge is 2.45. The van der Waals surface area contributed by atoms with Crippen LogP contribution in [0.25, 0.3) is 11.4 Å². The lowest BCUT2D eigenvalue weighted by Gasteiger charge is -2.39. The molecule has 0 aliphatic carbocycles. The van der Waals surface area contributed by atoms with Crippen LogP contribution in [0.5, 0.6) is 0 Å². The Kier molecular flexibility index (Phi) is 4.93. The van der Waals surface area contributed by atoms with Gasteiger partial charge in [-0.25, -0.2) is 4.98 Å². The predicted molar refractivity (Wildman–Crippen MR) is 124 cm³/mol. The van der Waals surface area contributed by atoms with Gasteiger partial charge in [0.05, 0.1) is 5.54 Å². The second-order valence-electron chi connectivity index (χ2n) is 9.62. The van der Waals surface area contributed by atoms with Crippen LogP contribution in [-0.2, 0) is 10.3 Å². The smallest absolute Gasteiger partial charge is 0.222 e. The summed E-state index contributed by atoms with van der Waals surface area (Å²) in [5.41, 5.74) is 3.20. The Morgan fingerprint density at radius 3 is 2.68 bits per heavy atom. The van der Waals surface area contributed by atoms with Crippen molar-refractivity contribution >= 4 is 17.5 Å². The van der Waals surface area contributed by atoms with Crippen molar-refractivity contribution in [2.45, 2.75) is 45.1 Å². The van der Waals surface area contributed by atoms with Crippen molar-refractivity contribution in [2.24, 2.45) is 5.41 Å². The Morgan fingerprint density at radius 1 is 1.13 bits per heavy atom. The number of benzene rings is 2. The lowest BCUT2D eigenvalue weighted by Crippen LogP contribution is -2.44. The molecule has 4 nitrogen and oxygen atoms in total. The molecule has 2 aromatic carbocycles. The number of hydrogen-bond acceptors (Lipinski definition) is 2. The van der Waals surface area contributed by atoms with E-state index in [0.717, 1.165) is 36.5 Å². The number of likely N-dealkylation sites (tertiary alicyclic amines) is 1. The van der Waals surface area contributed by atoms with Crippen LogP contribution in [-0.4, -0.2) is 33.4 Å². The summed E-state index contributed by atoms with van der Waals surface area (Å²) in [6.07, 6.45) is 7.33. The molecule has 2 aliphatic heterocycles. The molecule has 5 heteroatoms. The maximum Gasteiger partial charge on any atom is 0.222 e. The van der Waals surface area contributed by atoms with Crippen LogP contribution in [0.1, 0.15) is 50.7 Å². The van der Waals surface area contributed by atoms with Crippen LogP contribution in [0.4, 0.5) is 0 Å². The first kappa shape index (κ1) is 20.3. The highest BCUT2D eigenvalue weighted by atomic mass is 35.5. The summed E-state index contributed by atoms with van der Waals surface area (Å²) in [5.74, 6) is 1.20. The topological polar surface area (TPSA) is 38.1 Å². The molecule has 1 fully saturated rings. The summed E-state index contributed by atoms with van der Waals surface area (Å²) in [5, 5.41) is 0.711. The van der Waals surface area contributed by atoms with E-state index in [0.29, 0.717) is 17.9 Å². The number of aromatic nitrogens is 2. The molecule has 3 heterocycles. The van der Waals surface area contributed by atoms with Gasteiger partial charge in [0.15, 0.2) is 0 Å². The quantitative estimate of drug-likeness (QED) is 0.526. The van der Waals surface area contributed by atoms with E-state index in [-0.39, 0.29) is 11.3 Å². The summed E-state index contributed by atoms with van der Waals surface area (Å²) in [4.78, 5) is 20.0. The third-order valence-electron chi connectivity index (χ3n) is 6.94. The number of nitrogens with zero attached hydrogens (tertiary/aromatic N) is 3. The highest BCUT2D eigenvalue weighted by Crippen LogP contribution is 2.49. The third kappa shape index (κ3) is 3.38. The standard InChI is InChI=1S/C26H28ClN3O/c1-25(2)13-5-16-29(18-25)23(31)12-14-26(19-8-10-20(27)11-9-19)22-7-4-3-6-21(22)24-28-15-17-30(24)26/h3-4,6-11,15,17H,5,12-14,16,18H2,1-2H3. The summed E-state index contributed by atoms with van der Waals surface area (Å²) in [7, 11) is 0. The molecule has 1 aromatic heterocycles. The SMILES string of the molecule is CC1(C)CCCN(C(=O)CCC2(c3ccc(Cl)cc3)c3ccccc3-c3nccn32)C1. The predicted octanol–water partition coefficient (Wildman–Crippen LogP) is 5.74. The van der Waals surface area contributed by atoms with Gasteiger partial charge in [-0.2, -0.15) is 0 Å². The normalized spacial score (nSPS) is 21.6. The molecule has 3 aromatic rings. The molecule has 1 amide bonds. The van der Waals surface area contributed by atoms with Crippen molar-refractivity contribution in [3.8, 4) is 11.4 Å². The maximum absolute atomic E-state index is 13.3. The molecule has 5 rings (SSSR count). The van der Waals surface area contributed by atoms with Gasteiger partial charge in [-0.15, -0.1) is 0 Å². The van der Waals surface area contributed by atoms with Gasteiger partial charge in [0, 0.05) is 42.5 Å². The van der Waals surface area contributed by atoms with E-state index in [1.165, 1.54) is 12.0 Å². The Morgan fingerprint density at radius 2 is 1.90 bits per heavy atom. The molecular weight excluding hydrogens is 406 g/mol. The molecule has 0 radical (unpaired) electrons. The van der Waals surface area contributed by atoms with Gasteiger partial charge >= 0.3 is 0 Å². The van der Waals surface area contributed by atoms with Crippen molar-refractivity contribution in [2.75, 3.05) is 13.1 Å². The number of carbonyl (C=O) groups is 1. The van der Waals surface area contributed by atoms with Crippen molar-refractivity contribution < 1.29 is 4.79 Å². The summed E-state index contributed by atoms with van der Waals surface area (Å²) in [6, 6.07) is 16.5. The molecule has 1 unspecified atom stereocenters. The van der Waals surface area contributed by atoms with E-state index in [1.54, 1.807) is 0 Å². The Balaban J connectivity index is 1.54. The van der Waals surface area contributed by atoms with Crippen molar-refractivity contribution in [3.05, 3.63) is 77.1 Å². The fraction of sp³-hybridized carbons (Fsp3) is 0.385. The van der Waals surface area contributed by atoms with E-state index < -0.39 is 5.54 Å². The van der Waals surface area contributed by atoms with Crippen LogP contribution < -0.4 is 0 Å². The van der Waals surface area contributed by atoms with E-state index in [1.807, 2.05) is 24.5 Å². The minimum atomic E-state index is -0.464. The zero-order valence-corrected chi connectivity index (χ0v) is 18.9. The number of halogens is 1. The average molecular weight is 434 g/mol.